The molecule has 0 aromatic carbocycles. The topological polar surface area (TPSA) is 0 Å². The van der Waals surface area contributed by atoms with Gasteiger partial charge in [-0.15, -0.1) is 0 Å². The first-order valence-corrected chi connectivity index (χ1v) is 4.32. The van der Waals surface area contributed by atoms with E-state index >= 15 is 0 Å². The van der Waals surface area contributed by atoms with Crippen LogP contribution in [0.3, 0.4) is 0 Å². The van der Waals surface area contributed by atoms with E-state index < -0.39 is 0 Å². The second-order valence-corrected chi connectivity index (χ2v) is 4.50. The second-order valence-electron chi connectivity index (χ2n) is 4.50. The van der Waals surface area contributed by atoms with E-state index in [1.807, 2.05) is 0 Å². The van der Waals surface area contributed by atoms with Crippen LogP contribution in [0.1, 0.15) is 32.6 Å². The van der Waals surface area contributed by atoms with E-state index in [0.29, 0.717) is 0 Å². The van der Waals surface area contributed by atoms with Crippen LogP contribution in [0.15, 0.2) is 0 Å². The van der Waals surface area contributed by atoms with Crippen molar-refractivity contribution in [2.45, 2.75) is 32.6 Å². The zero-order valence-corrected chi connectivity index (χ0v) is 6.06. The summed E-state index contributed by atoms with van der Waals surface area (Å²) in [6.45, 7) is 2.52. The third-order valence-corrected chi connectivity index (χ3v) is 4.53. The molecule has 0 heteroatoms. The maximum absolute atomic E-state index is 2.52. The Balaban J connectivity index is 1.92. The quantitative estimate of drug-likeness (QED) is 0.463. The summed E-state index contributed by atoms with van der Waals surface area (Å²) in [7, 11) is 0. The lowest BCUT2D eigenvalue weighted by atomic mass is 9.32. The summed E-state index contributed by atoms with van der Waals surface area (Å²) < 4.78 is 0. The first kappa shape index (κ1) is 4.76. The summed E-state index contributed by atoms with van der Waals surface area (Å²) in [5.41, 5.74) is 0.878. The van der Waals surface area contributed by atoms with E-state index in [1.54, 1.807) is 25.7 Å². The molecule has 3 aliphatic rings. The molecule has 0 saturated heterocycles. The molecule has 0 nitrogen and oxygen atoms in total. The summed E-state index contributed by atoms with van der Waals surface area (Å²) in [4.78, 5) is 0. The molecular formula is C9H14. The molecule has 0 aromatic rings. The van der Waals surface area contributed by atoms with Crippen molar-refractivity contribution in [3.8, 4) is 0 Å². The molecule has 0 spiro atoms. The third kappa shape index (κ3) is 0.300. The van der Waals surface area contributed by atoms with Gasteiger partial charge in [0.05, 0.1) is 0 Å². The summed E-state index contributed by atoms with van der Waals surface area (Å²) in [6.07, 6.45) is 6.26. The van der Waals surface area contributed by atoms with Crippen molar-refractivity contribution >= 4 is 0 Å². The van der Waals surface area contributed by atoms with Gasteiger partial charge in [-0.3, -0.25) is 0 Å². The molecular weight excluding hydrogens is 108 g/mol. The molecule has 0 bridgehead atoms. The van der Waals surface area contributed by atoms with Crippen LogP contribution in [0.25, 0.3) is 0 Å². The Morgan fingerprint density at radius 1 is 1.11 bits per heavy atom. The molecule has 0 aromatic heterocycles. The predicted octanol–water partition coefficient (Wildman–Crippen LogP) is 2.44. The minimum atomic E-state index is 0.878. The molecule has 4 unspecified atom stereocenters. The van der Waals surface area contributed by atoms with Crippen LogP contribution >= 0.6 is 0 Å². The van der Waals surface area contributed by atoms with Gasteiger partial charge in [0.2, 0.25) is 0 Å². The molecule has 3 rings (SSSR count). The van der Waals surface area contributed by atoms with E-state index in [-0.39, 0.29) is 0 Å². The van der Waals surface area contributed by atoms with Crippen molar-refractivity contribution in [1.29, 1.82) is 0 Å². The molecule has 9 heavy (non-hydrogen) atoms. The van der Waals surface area contributed by atoms with Crippen molar-refractivity contribution in [1.82, 2.24) is 0 Å². The van der Waals surface area contributed by atoms with Gasteiger partial charge in [0.15, 0.2) is 0 Å². The van der Waals surface area contributed by atoms with Crippen LogP contribution in [0.2, 0.25) is 0 Å². The Morgan fingerprint density at radius 2 is 1.89 bits per heavy atom. The first-order chi connectivity index (χ1) is 4.32. The number of hydrogen-bond acceptors (Lipinski definition) is 0. The van der Waals surface area contributed by atoms with Crippen molar-refractivity contribution in [3.63, 3.8) is 0 Å². The van der Waals surface area contributed by atoms with E-state index in [4.69, 9.17) is 0 Å². The van der Waals surface area contributed by atoms with E-state index in [9.17, 15) is 0 Å². The predicted molar refractivity (Wildman–Crippen MR) is 37.0 cm³/mol. The van der Waals surface area contributed by atoms with Gasteiger partial charge >= 0.3 is 0 Å². The molecule has 3 saturated carbocycles. The van der Waals surface area contributed by atoms with Gasteiger partial charge < -0.3 is 0 Å². The second kappa shape index (κ2) is 1.09. The Labute approximate surface area is 56.6 Å². The Hall–Kier alpha value is 0. The summed E-state index contributed by atoms with van der Waals surface area (Å²) in [6, 6.07) is 0. The monoisotopic (exact) mass is 122 g/mol. The molecule has 50 valence electrons. The number of hydrogen-bond donors (Lipinski definition) is 0. The molecule has 3 fully saturated rings. The number of fused-ring (bicyclic) bond motifs is 4. The Kier molecular flexibility index (Phi) is 0.574. The summed E-state index contributed by atoms with van der Waals surface area (Å²) in [5.74, 6) is 3.59. The Morgan fingerprint density at radius 3 is 2.00 bits per heavy atom. The highest BCUT2D eigenvalue weighted by atomic mass is 14.7. The fraction of sp³-hybridized carbons (Fsp3) is 1.00. The van der Waals surface area contributed by atoms with Crippen LogP contribution in [0.5, 0.6) is 0 Å². The fourth-order valence-corrected chi connectivity index (χ4v) is 3.64. The molecule has 0 heterocycles. The van der Waals surface area contributed by atoms with Gasteiger partial charge in [-0.25, -0.2) is 0 Å². The van der Waals surface area contributed by atoms with E-state index in [2.05, 4.69) is 6.92 Å². The van der Waals surface area contributed by atoms with Gasteiger partial charge in [-0.2, -0.15) is 0 Å². The van der Waals surface area contributed by atoms with Crippen LogP contribution in [-0.2, 0) is 0 Å². The third-order valence-electron chi connectivity index (χ3n) is 4.53. The SMILES string of the molecule is CC12CCC1C1CCC12. The molecule has 4 atom stereocenters. The minimum absolute atomic E-state index is 0.878. The normalized spacial score (nSPS) is 68.3. The first-order valence-electron chi connectivity index (χ1n) is 4.32. The van der Waals surface area contributed by atoms with E-state index in [0.717, 1.165) is 5.41 Å². The lowest BCUT2D eigenvalue weighted by Crippen LogP contribution is -2.65. The van der Waals surface area contributed by atoms with Crippen LogP contribution < -0.4 is 0 Å². The van der Waals surface area contributed by atoms with Gasteiger partial charge in [-0.05, 0) is 48.9 Å². The highest BCUT2D eigenvalue weighted by Gasteiger charge is 2.66. The van der Waals surface area contributed by atoms with Crippen LogP contribution in [0.4, 0.5) is 0 Å². The van der Waals surface area contributed by atoms with Gasteiger partial charge in [0.25, 0.3) is 0 Å². The van der Waals surface area contributed by atoms with Crippen molar-refractivity contribution in [2.24, 2.45) is 23.2 Å². The van der Waals surface area contributed by atoms with Gasteiger partial charge in [0, 0.05) is 0 Å². The van der Waals surface area contributed by atoms with Crippen molar-refractivity contribution < 1.29 is 0 Å². The molecule has 0 radical (unpaired) electrons. The maximum atomic E-state index is 2.52. The summed E-state index contributed by atoms with van der Waals surface area (Å²) in [5, 5.41) is 0. The van der Waals surface area contributed by atoms with Crippen molar-refractivity contribution in [3.05, 3.63) is 0 Å². The lowest BCUT2D eigenvalue weighted by molar-refractivity contribution is -0.240. The highest BCUT2D eigenvalue weighted by molar-refractivity contribution is 5.15. The standard InChI is InChI=1S/C9H14/c1-9-5-4-8(9)6-2-3-7(6)9/h6-8H,2-5H2,1H3. The van der Waals surface area contributed by atoms with Gasteiger partial charge in [-0.1, -0.05) is 6.92 Å². The largest absolute Gasteiger partial charge is 0.0591 e. The zero-order valence-electron chi connectivity index (χ0n) is 6.06. The summed E-state index contributed by atoms with van der Waals surface area (Å²) >= 11 is 0. The average Bonchev–Trinajstić information content (AvgIpc) is 1.77. The minimum Gasteiger partial charge on any atom is -0.0591 e. The molecule has 0 amide bonds. The van der Waals surface area contributed by atoms with E-state index in [1.165, 1.54) is 17.8 Å². The molecule has 0 aliphatic heterocycles. The Bertz CT molecular complexity index is 149. The average molecular weight is 122 g/mol. The highest BCUT2D eigenvalue weighted by Crippen LogP contribution is 2.74. The van der Waals surface area contributed by atoms with Crippen LogP contribution in [0, 0.1) is 23.2 Å². The lowest BCUT2D eigenvalue weighted by Gasteiger charge is -2.73. The fourth-order valence-electron chi connectivity index (χ4n) is 3.64. The smallest absolute Gasteiger partial charge is 0.0264 e. The van der Waals surface area contributed by atoms with Crippen LogP contribution in [-0.4, -0.2) is 0 Å². The number of rotatable bonds is 0. The van der Waals surface area contributed by atoms with Crippen molar-refractivity contribution in [2.75, 3.05) is 0 Å². The maximum Gasteiger partial charge on any atom is -0.0264 e. The van der Waals surface area contributed by atoms with Gasteiger partial charge in [0.1, 0.15) is 0 Å². The molecule has 3 aliphatic carbocycles. The molecule has 0 N–H and O–H groups in total. The zero-order chi connectivity index (χ0) is 6.06.